The molecule has 1 heterocycles. The molecule has 0 saturated heterocycles. The fraction of sp³-hybridized carbons (Fsp3) is 0.368. The van der Waals surface area contributed by atoms with Gasteiger partial charge in [0, 0.05) is 31.8 Å². The van der Waals surface area contributed by atoms with Crippen molar-refractivity contribution in [1.29, 1.82) is 0 Å². The van der Waals surface area contributed by atoms with Crippen molar-refractivity contribution in [3.05, 3.63) is 53.6 Å². The van der Waals surface area contributed by atoms with Crippen LogP contribution in [0, 0.1) is 0 Å². The van der Waals surface area contributed by atoms with Gasteiger partial charge in [-0.3, -0.25) is 0 Å². The number of likely N-dealkylation sites (N-methyl/N-ethyl adjacent to an activating group) is 1. The summed E-state index contributed by atoms with van der Waals surface area (Å²) in [6, 6.07) is 14.4. The third-order valence-electron chi connectivity index (χ3n) is 4.32. The Bertz CT molecular complexity index is 671. The number of benzene rings is 2. The maximum absolute atomic E-state index is 6.12. The van der Waals surface area contributed by atoms with Gasteiger partial charge in [0.05, 0.1) is 26.9 Å². The van der Waals surface area contributed by atoms with Crippen LogP contribution in [0.4, 0.5) is 5.69 Å². The molecule has 0 aromatic heterocycles. The standard InChI is InChI=1S/C19H23NO3/c1-20-9-10-23-19(15-5-4-6-16(11-15)21-2)12-14-7-8-17(22-3)13-18(14)20/h4-8,11,13,19H,9-10,12H2,1-3H3. The van der Waals surface area contributed by atoms with Gasteiger partial charge in [-0.15, -0.1) is 0 Å². The zero-order valence-corrected chi connectivity index (χ0v) is 13.9. The van der Waals surface area contributed by atoms with E-state index in [2.05, 4.69) is 36.2 Å². The molecular formula is C19H23NO3. The molecule has 0 fully saturated rings. The first-order chi connectivity index (χ1) is 11.2. The van der Waals surface area contributed by atoms with Crippen LogP contribution >= 0.6 is 0 Å². The highest BCUT2D eigenvalue weighted by molar-refractivity contribution is 5.57. The van der Waals surface area contributed by atoms with Gasteiger partial charge in [-0.05, 0) is 29.3 Å². The Morgan fingerprint density at radius 3 is 2.61 bits per heavy atom. The van der Waals surface area contributed by atoms with Crippen molar-refractivity contribution in [2.24, 2.45) is 0 Å². The second kappa shape index (κ2) is 6.92. The van der Waals surface area contributed by atoms with Crippen LogP contribution in [0.2, 0.25) is 0 Å². The Hall–Kier alpha value is -2.20. The van der Waals surface area contributed by atoms with E-state index in [0.29, 0.717) is 6.61 Å². The van der Waals surface area contributed by atoms with Gasteiger partial charge in [0.25, 0.3) is 0 Å². The predicted octanol–water partition coefficient (Wildman–Crippen LogP) is 3.45. The molecule has 4 heteroatoms. The van der Waals surface area contributed by atoms with Crippen LogP contribution in [0.15, 0.2) is 42.5 Å². The number of hydrogen-bond donors (Lipinski definition) is 0. The maximum atomic E-state index is 6.12. The number of anilines is 1. The molecule has 0 spiro atoms. The van der Waals surface area contributed by atoms with Crippen LogP contribution in [0.5, 0.6) is 11.5 Å². The molecule has 1 aliphatic heterocycles. The van der Waals surface area contributed by atoms with Gasteiger partial charge in [-0.1, -0.05) is 18.2 Å². The van der Waals surface area contributed by atoms with Crippen LogP contribution in [0.25, 0.3) is 0 Å². The lowest BCUT2D eigenvalue weighted by molar-refractivity contribution is 0.0558. The molecule has 122 valence electrons. The number of ether oxygens (including phenoxy) is 3. The van der Waals surface area contributed by atoms with Crippen molar-refractivity contribution in [3.8, 4) is 11.5 Å². The molecule has 0 N–H and O–H groups in total. The minimum atomic E-state index is 0.0333. The number of hydrogen-bond acceptors (Lipinski definition) is 4. The Morgan fingerprint density at radius 2 is 1.83 bits per heavy atom. The topological polar surface area (TPSA) is 30.9 Å². The summed E-state index contributed by atoms with van der Waals surface area (Å²) in [7, 11) is 5.48. The molecule has 1 aliphatic rings. The molecule has 0 saturated carbocycles. The van der Waals surface area contributed by atoms with E-state index in [9.17, 15) is 0 Å². The van der Waals surface area contributed by atoms with Crippen LogP contribution < -0.4 is 14.4 Å². The molecule has 0 radical (unpaired) electrons. The van der Waals surface area contributed by atoms with E-state index in [1.807, 2.05) is 18.2 Å². The van der Waals surface area contributed by atoms with Gasteiger partial charge in [0.2, 0.25) is 0 Å². The molecule has 0 bridgehead atoms. The van der Waals surface area contributed by atoms with E-state index in [4.69, 9.17) is 14.2 Å². The van der Waals surface area contributed by atoms with Gasteiger partial charge in [0.1, 0.15) is 11.5 Å². The highest BCUT2D eigenvalue weighted by Gasteiger charge is 2.20. The average molecular weight is 313 g/mol. The average Bonchev–Trinajstić information content (AvgIpc) is 2.59. The largest absolute Gasteiger partial charge is 0.497 e. The van der Waals surface area contributed by atoms with E-state index in [0.717, 1.165) is 30.0 Å². The molecule has 2 aromatic rings. The Kier molecular flexibility index (Phi) is 4.72. The van der Waals surface area contributed by atoms with Crippen molar-refractivity contribution < 1.29 is 14.2 Å². The summed E-state index contributed by atoms with van der Waals surface area (Å²) in [6.07, 6.45) is 0.863. The summed E-state index contributed by atoms with van der Waals surface area (Å²) in [4.78, 5) is 2.22. The second-order valence-electron chi connectivity index (χ2n) is 5.76. The van der Waals surface area contributed by atoms with Crippen LogP contribution in [-0.2, 0) is 11.2 Å². The lowest BCUT2D eigenvalue weighted by Crippen LogP contribution is -2.27. The highest BCUT2D eigenvalue weighted by Crippen LogP contribution is 2.33. The molecule has 0 amide bonds. The lowest BCUT2D eigenvalue weighted by Gasteiger charge is -2.29. The van der Waals surface area contributed by atoms with Crippen molar-refractivity contribution in [3.63, 3.8) is 0 Å². The monoisotopic (exact) mass is 313 g/mol. The molecule has 1 unspecified atom stereocenters. The summed E-state index contributed by atoms with van der Waals surface area (Å²) in [5.74, 6) is 1.75. The predicted molar refractivity (Wildman–Crippen MR) is 91.7 cm³/mol. The van der Waals surface area contributed by atoms with Crippen molar-refractivity contribution in [2.45, 2.75) is 12.5 Å². The summed E-state index contributed by atoms with van der Waals surface area (Å²) >= 11 is 0. The highest BCUT2D eigenvalue weighted by atomic mass is 16.5. The maximum Gasteiger partial charge on any atom is 0.120 e. The molecule has 4 nitrogen and oxygen atoms in total. The molecule has 1 atom stereocenters. The van der Waals surface area contributed by atoms with Crippen molar-refractivity contribution in [1.82, 2.24) is 0 Å². The second-order valence-corrected chi connectivity index (χ2v) is 5.76. The molecule has 3 rings (SSSR count). The quantitative estimate of drug-likeness (QED) is 0.868. The first-order valence-corrected chi connectivity index (χ1v) is 7.85. The first-order valence-electron chi connectivity index (χ1n) is 7.85. The van der Waals surface area contributed by atoms with Crippen LogP contribution in [-0.4, -0.2) is 34.4 Å². The molecule has 2 aromatic carbocycles. The minimum absolute atomic E-state index is 0.0333. The first kappa shape index (κ1) is 15.7. The van der Waals surface area contributed by atoms with E-state index in [1.165, 1.54) is 11.3 Å². The van der Waals surface area contributed by atoms with Gasteiger partial charge in [0.15, 0.2) is 0 Å². The third-order valence-corrected chi connectivity index (χ3v) is 4.32. The minimum Gasteiger partial charge on any atom is -0.497 e. The third kappa shape index (κ3) is 3.42. The Morgan fingerprint density at radius 1 is 1.04 bits per heavy atom. The van der Waals surface area contributed by atoms with Crippen molar-refractivity contribution >= 4 is 5.69 Å². The molecule has 23 heavy (non-hydrogen) atoms. The van der Waals surface area contributed by atoms with Gasteiger partial charge in [-0.25, -0.2) is 0 Å². The van der Waals surface area contributed by atoms with Crippen LogP contribution in [0.3, 0.4) is 0 Å². The fourth-order valence-electron chi connectivity index (χ4n) is 2.97. The summed E-state index contributed by atoms with van der Waals surface area (Å²) in [6.45, 7) is 1.54. The number of nitrogens with zero attached hydrogens (tertiary/aromatic N) is 1. The zero-order chi connectivity index (χ0) is 16.2. The van der Waals surface area contributed by atoms with E-state index < -0.39 is 0 Å². The zero-order valence-electron chi connectivity index (χ0n) is 13.9. The van der Waals surface area contributed by atoms with E-state index >= 15 is 0 Å². The van der Waals surface area contributed by atoms with E-state index in [1.54, 1.807) is 14.2 Å². The normalized spacial score (nSPS) is 17.9. The van der Waals surface area contributed by atoms with Crippen LogP contribution in [0.1, 0.15) is 17.2 Å². The van der Waals surface area contributed by atoms with Gasteiger partial charge >= 0.3 is 0 Å². The smallest absolute Gasteiger partial charge is 0.120 e. The molecule has 0 aliphatic carbocycles. The van der Waals surface area contributed by atoms with E-state index in [-0.39, 0.29) is 6.10 Å². The van der Waals surface area contributed by atoms with Gasteiger partial charge < -0.3 is 19.1 Å². The number of methoxy groups -OCH3 is 2. The lowest BCUT2D eigenvalue weighted by atomic mass is 9.98. The number of rotatable bonds is 3. The summed E-state index contributed by atoms with van der Waals surface area (Å²) in [5, 5.41) is 0. The summed E-state index contributed by atoms with van der Waals surface area (Å²) in [5.41, 5.74) is 3.62. The van der Waals surface area contributed by atoms with Gasteiger partial charge in [-0.2, -0.15) is 0 Å². The summed E-state index contributed by atoms with van der Waals surface area (Å²) < 4.78 is 16.8. The SMILES string of the molecule is COc1cccc(C2Cc3ccc(OC)cc3N(C)CCO2)c1. The number of fused-ring (bicyclic) bond motifs is 1. The Balaban J connectivity index is 1.93. The Labute approximate surface area is 137 Å². The fourth-order valence-corrected chi connectivity index (χ4v) is 2.97. The van der Waals surface area contributed by atoms with Crippen molar-refractivity contribution in [2.75, 3.05) is 39.3 Å². The molecular weight excluding hydrogens is 290 g/mol.